The van der Waals surface area contributed by atoms with Crippen LogP contribution in [-0.2, 0) is 13.1 Å². The van der Waals surface area contributed by atoms with Gasteiger partial charge >= 0.3 is 0 Å². The summed E-state index contributed by atoms with van der Waals surface area (Å²) in [5, 5.41) is 5.29. The number of hydrogen-bond donors (Lipinski definition) is 1. The Balaban J connectivity index is 1.79. The molecular weight excluding hydrogens is 362 g/mol. The fourth-order valence-electron chi connectivity index (χ4n) is 3.16. The van der Waals surface area contributed by atoms with Crippen molar-refractivity contribution in [2.45, 2.75) is 20.0 Å². The maximum absolute atomic E-state index is 6.66. The molecule has 0 aliphatic rings. The van der Waals surface area contributed by atoms with Crippen LogP contribution in [0.2, 0.25) is 5.15 Å². The molecule has 6 heteroatoms. The molecule has 1 atom stereocenters. The second-order valence-corrected chi connectivity index (χ2v) is 6.95. The van der Waals surface area contributed by atoms with E-state index < -0.39 is 0 Å². The summed E-state index contributed by atoms with van der Waals surface area (Å²) >= 11 is 6.66. The third-order valence-corrected chi connectivity index (χ3v) is 4.98. The summed E-state index contributed by atoms with van der Waals surface area (Å²) in [6.45, 7) is 3.58. The van der Waals surface area contributed by atoms with E-state index in [0.717, 1.165) is 47.1 Å². The number of quaternary nitrogens is 1. The Morgan fingerprint density at radius 3 is 2.44 bits per heavy atom. The van der Waals surface area contributed by atoms with Gasteiger partial charge in [-0.1, -0.05) is 29.8 Å². The number of halogens is 1. The number of nitrogens with one attached hydrogen (secondary N) is 1. The predicted octanol–water partition coefficient (Wildman–Crippen LogP) is 3.07. The van der Waals surface area contributed by atoms with Crippen molar-refractivity contribution in [1.29, 1.82) is 0 Å². The lowest BCUT2D eigenvalue weighted by Gasteiger charge is -2.16. The molecule has 0 aliphatic heterocycles. The lowest BCUT2D eigenvalue weighted by atomic mass is 10.1. The summed E-state index contributed by atoms with van der Waals surface area (Å²) in [4.78, 5) is 1.29. The summed E-state index contributed by atoms with van der Waals surface area (Å²) in [6.07, 6.45) is 0. The van der Waals surface area contributed by atoms with E-state index in [4.69, 9.17) is 21.1 Å². The standard InChI is InChI=1S/C21H24ClN3O2/c1-15-19(21(22)25(23-15)17-8-6-5-7-9-17)14-24(2)13-16-10-11-18(26-3)12-20(16)27-4/h5-12H,13-14H2,1-4H3/p+1. The Morgan fingerprint density at radius 1 is 1.04 bits per heavy atom. The van der Waals surface area contributed by atoms with Crippen LogP contribution in [0.4, 0.5) is 0 Å². The molecule has 0 fully saturated rings. The van der Waals surface area contributed by atoms with Crippen LogP contribution < -0.4 is 14.4 Å². The van der Waals surface area contributed by atoms with E-state index in [1.807, 2.05) is 55.5 Å². The average molecular weight is 387 g/mol. The molecule has 1 N–H and O–H groups in total. The molecule has 3 rings (SSSR count). The van der Waals surface area contributed by atoms with Crippen molar-refractivity contribution in [3.8, 4) is 17.2 Å². The summed E-state index contributed by atoms with van der Waals surface area (Å²) in [7, 11) is 5.47. The molecular formula is C21H25ClN3O2+. The molecule has 0 saturated carbocycles. The van der Waals surface area contributed by atoms with Gasteiger partial charge in [0, 0.05) is 11.6 Å². The number of rotatable bonds is 7. The molecule has 142 valence electrons. The zero-order valence-electron chi connectivity index (χ0n) is 16.1. The zero-order chi connectivity index (χ0) is 19.4. The van der Waals surface area contributed by atoms with Crippen molar-refractivity contribution in [2.75, 3.05) is 21.3 Å². The topological polar surface area (TPSA) is 40.7 Å². The SMILES string of the molecule is COc1ccc(C[NH+](C)Cc2c(C)nn(-c3ccccc3)c2Cl)c(OC)c1. The van der Waals surface area contributed by atoms with Crippen molar-refractivity contribution in [2.24, 2.45) is 0 Å². The molecule has 0 amide bonds. The lowest BCUT2D eigenvalue weighted by molar-refractivity contribution is -0.907. The summed E-state index contributed by atoms with van der Waals surface area (Å²) in [5.41, 5.74) is 4.10. The van der Waals surface area contributed by atoms with Gasteiger partial charge in [0.2, 0.25) is 0 Å². The van der Waals surface area contributed by atoms with Crippen molar-refractivity contribution in [1.82, 2.24) is 9.78 Å². The highest BCUT2D eigenvalue weighted by molar-refractivity contribution is 6.30. The van der Waals surface area contributed by atoms with E-state index in [2.05, 4.69) is 12.1 Å². The molecule has 0 spiro atoms. The molecule has 2 aromatic carbocycles. The number of nitrogens with zero attached hydrogens (tertiary/aromatic N) is 2. The predicted molar refractivity (Wildman–Crippen MR) is 107 cm³/mol. The molecule has 1 unspecified atom stereocenters. The van der Waals surface area contributed by atoms with Crippen LogP contribution in [-0.4, -0.2) is 31.0 Å². The Morgan fingerprint density at radius 2 is 1.78 bits per heavy atom. The van der Waals surface area contributed by atoms with E-state index >= 15 is 0 Å². The smallest absolute Gasteiger partial charge is 0.142 e. The Labute approximate surface area is 165 Å². The zero-order valence-corrected chi connectivity index (χ0v) is 16.9. The molecule has 0 radical (unpaired) electrons. The molecule has 0 saturated heterocycles. The van der Waals surface area contributed by atoms with Gasteiger partial charge in [-0.3, -0.25) is 0 Å². The number of para-hydroxylation sites is 1. The monoisotopic (exact) mass is 386 g/mol. The highest BCUT2D eigenvalue weighted by atomic mass is 35.5. The molecule has 27 heavy (non-hydrogen) atoms. The minimum absolute atomic E-state index is 0.666. The molecule has 3 aromatic rings. The third kappa shape index (κ3) is 4.26. The fourth-order valence-corrected chi connectivity index (χ4v) is 3.50. The normalized spacial score (nSPS) is 12.0. The lowest BCUT2D eigenvalue weighted by Crippen LogP contribution is -3.06. The Hall–Kier alpha value is -2.50. The van der Waals surface area contributed by atoms with Gasteiger partial charge in [-0.2, -0.15) is 5.10 Å². The van der Waals surface area contributed by atoms with E-state index in [1.165, 1.54) is 4.90 Å². The largest absolute Gasteiger partial charge is 0.497 e. The van der Waals surface area contributed by atoms with Gasteiger partial charge in [0.25, 0.3) is 0 Å². The van der Waals surface area contributed by atoms with Crippen LogP contribution in [0.5, 0.6) is 11.5 Å². The van der Waals surface area contributed by atoms with Crippen molar-refractivity contribution >= 4 is 11.6 Å². The molecule has 5 nitrogen and oxygen atoms in total. The first kappa shape index (κ1) is 19.3. The maximum atomic E-state index is 6.66. The van der Waals surface area contributed by atoms with Gasteiger partial charge in [-0.15, -0.1) is 0 Å². The number of ether oxygens (including phenoxy) is 2. The number of hydrogen-bond acceptors (Lipinski definition) is 3. The van der Waals surface area contributed by atoms with Crippen LogP contribution in [0.25, 0.3) is 5.69 Å². The van der Waals surface area contributed by atoms with Crippen LogP contribution in [0.1, 0.15) is 16.8 Å². The van der Waals surface area contributed by atoms with E-state index in [1.54, 1.807) is 18.9 Å². The van der Waals surface area contributed by atoms with Crippen LogP contribution in [0.3, 0.4) is 0 Å². The maximum Gasteiger partial charge on any atom is 0.142 e. The van der Waals surface area contributed by atoms with Gasteiger partial charge in [0.15, 0.2) is 0 Å². The Bertz CT molecular complexity index is 909. The van der Waals surface area contributed by atoms with Gasteiger partial charge in [-0.05, 0) is 31.2 Å². The second kappa shape index (κ2) is 8.46. The van der Waals surface area contributed by atoms with Crippen LogP contribution in [0, 0.1) is 6.92 Å². The number of aryl methyl sites for hydroxylation is 1. The van der Waals surface area contributed by atoms with Gasteiger partial charge in [0.1, 0.15) is 29.7 Å². The minimum atomic E-state index is 0.666. The van der Waals surface area contributed by atoms with Crippen LogP contribution in [0.15, 0.2) is 48.5 Å². The Kier molecular flexibility index (Phi) is 6.04. The first-order chi connectivity index (χ1) is 13.0. The first-order valence-corrected chi connectivity index (χ1v) is 9.23. The van der Waals surface area contributed by atoms with Crippen molar-refractivity contribution in [3.05, 3.63) is 70.5 Å². The van der Waals surface area contributed by atoms with Crippen molar-refractivity contribution in [3.63, 3.8) is 0 Å². The summed E-state index contributed by atoms with van der Waals surface area (Å²) in [6, 6.07) is 15.9. The highest BCUT2D eigenvalue weighted by Gasteiger charge is 2.19. The summed E-state index contributed by atoms with van der Waals surface area (Å²) in [5.74, 6) is 1.62. The molecule has 1 aromatic heterocycles. The van der Waals surface area contributed by atoms with Crippen LogP contribution >= 0.6 is 11.6 Å². The highest BCUT2D eigenvalue weighted by Crippen LogP contribution is 2.25. The van der Waals surface area contributed by atoms with E-state index in [9.17, 15) is 0 Å². The van der Waals surface area contributed by atoms with Crippen molar-refractivity contribution < 1.29 is 14.4 Å². The minimum Gasteiger partial charge on any atom is -0.497 e. The number of aromatic nitrogens is 2. The van der Waals surface area contributed by atoms with E-state index in [-0.39, 0.29) is 0 Å². The van der Waals surface area contributed by atoms with Gasteiger partial charge in [-0.25, -0.2) is 4.68 Å². The summed E-state index contributed by atoms with van der Waals surface area (Å²) < 4.78 is 12.6. The van der Waals surface area contributed by atoms with E-state index in [0.29, 0.717) is 5.15 Å². The number of methoxy groups -OCH3 is 2. The molecule has 0 bridgehead atoms. The molecule has 0 aliphatic carbocycles. The molecule has 1 heterocycles. The third-order valence-electron chi connectivity index (χ3n) is 4.59. The number of benzene rings is 2. The quantitative estimate of drug-likeness (QED) is 0.678. The van der Waals surface area contributed by atoms with Gasteiger partial charge in [0.05, 0.1) is 38.2 Å². The van der Waals surface area contributed by atoms with Gasteiger partial charge < -0.3 is 14.4 Å². The second-order valence-electron chi connectivity index (χ2n) is 6.59. The average Bonchev–Trinajstić information content (AvgIpc) is 2.97. The first-order valence-electron chi connectivity index (χ1n) is 8.85. The fraction of sp³-hybridized carbons (Fsp3) is 0.286.